The van der Waals surface area contributed by atoms with Crippen LogP contribution in [-0.2, 0) is 11.2 Å². The Morgan fingerprint density at radius 1 is 1.03 bits per heavy atom. The lowest BCUT2D eigenvalue weighted by Gasteiger charge is -2.28. The third-order valence-electron chi connectivity index (χ3n) is 4.68. The number of benzene rings is 2. The summed E-state index contributed by atoms with van der Waals surface area (Å²) in [6.45, 7) is 7.90. The van der Waals surface area contributed by atoms with Crippen LogP contribution in [0.5, 0.6) is 5.75 Å². The molecule has 174 valence electrons. The highest BCUT2D eigenvalue weighted by Gasteiger charge is 2.24. The van der Waals surface area contributed by atoms with E-state index >= 15 is 0 Å². The van der Waals surface area contributed by atoms with Crippen LogP contribution < -0.4 is 4.74 Å². The van der Waals surface area contributed by atoms with E-state index in [1.165, 1.54) is 4.90 Å². The Kier molecular flexibility index (Phi) is 9.72. The van der Waals surface area contributed by atoms with Crippen LogP contribution in [0.4, 0.5) is 4.79 Å². The van der Waals surface area contributed by atoms with Crippen molar-refractivity contribution in [3.63, 3.8) is 0 Å². The van der Waals surface area contributed by atoms with E-state index in [-0.39, 0.29) is 18.9 Å². The number of ketones is 1. The highest BCUT2D eigenvalue weighted by molar-refractivity contribution is 5.98. The van der Waals surface area contributed by atoms with Gasteiger partial charge >= 0.3 is 6.09 Å². The van der Waals surface area contributed by atoms with Gasteiger partial charge in [-0.3, -0.25) is 4.79 Å². The zero-order chi connectivity index (χ0) is 23.6. The summed E-state index contributed by atoms with van der Waals surface area (Å²) < 4.78 is 11.2. The van der Waals surface area contributed by atoms with E-state index in [9.17, 15) is 14.7 Å². The number of aliphatic hydroxyl groups is 1. The molecule has 1 amide bonds. The first kappa shape index (κ1) is 25.4. The van der Waals surface area contributed by atoms with Gasteiger partial charge in [0, 0.05) is 13.0 Å². The van der Waals surface area contributed by atoms with Gasteiger partial charge in [-0.05, 0) is 51.3 Å². The van der Waals surface area contributed by atoms with E-state index in [2.05, 4.69) is 0 Å². The number of amides is 1. The van der Waals surface area contributed by atoms with Gasteiger partial charge < -0.3 is 19.5 Å². The largest absolute Gasteiger partial charge is 0.490 e. The molecule has 0 aliphatic carbocycles. The second kappa shape index (κ2) is 12.2. The van der Waals surface area contributed by atoms with Crippen molar-refractivity contribution in [2.45, 2.75) is 58.7 Å². The van der Waals surface area contributed by atoms with Crippen molar-refractivity contribution in [3.05, 3.63) is 65.7 Å². The van der Waals surface area contributed by atoms with Crippen molar-refractivity contribution in [3.8, 4) is 5.75 Å². The summed E-state index contributed by atoms with van der Waals surface area (Å²) in [5, 5.41) is 10.5. The molecule has 6 nitrogen and oxygen atoms in total. The molecule has 0 heterocycles. The maximum atomic E-state index is 12.8. The molecule has 0 aromatic heterocycles. The van der Waals surface area contributed by atoms with Gasteiger partial charge in [0.15, 0.2) is 5.78 Å². The van der Waals surface area contributed by atoms with Crippen molar-refractivity contribution in [1.82, 2.24) is 4.90 Å². The predicted molar refractivity (Wildman–Crippen MR) is 125 cm³/mol. The maximum absolute atomic E-state index is 12.8. The quantitative estimate of drug-likeness (QED) is 0.503. The van der Waals surface area contributed by atoms with E-state index < -0.39 is 17.8 Å². The number of carbonyl (C=O) groups is 2. The van der Waals surface area contributed by atoms with Crippen LogP contribution in [0.15, 0.2) is 54.6 Å². The molecule has 2 aromatic carbocycles. The van der Waals surface area contributed by atoms with Crippen LogP contribution in [-0.4, -0.2) is 53.3 Å². The minimum absolute atomic E-state index is 0.0136. The van der Waals surface area contributed by atoms with Crippen molar-refractivity contribution in [2.75, 3.05) is 19.7 Å². The van der Waals surface area contributed by atoms with E-state index in [0.29, 0.717) is 30.7 Å². The number of carbonyl (C=O) groups excluding carboxylic acids is 2. The van der Waals surface area contributed by atoms with Gasteiger partial charge in [-0.2, -0.15) is 0 Å². The molecular weight excluding hydrogens is 406 g/mol. The average molecular weight is 442 g/mol. The van der Waals surface area contributed by atoms with Crippen LogP contribution >= 0.6 is 0 Å². The smallest absolute Gasteiger partial charge is 0.410 e. The molecule has 0 bridgehead atoms. The topological polar surface area (TPSA) is 76.1 Å². The SMILES string of the molecule is CCCN(C[C@@H](O)COc1ccccc1C(=O)CCc1ccccc1)C(=O)OC(C)(C)C. The first-order valence-corrected chi connectivity index (χ1v) is 11.1. The minimum Gasteiger partial charge on any atom is -0.490 e. The number of nitrogens with zero attached hydrogens (tertiary/aromatic N) is 1. The zero-order valence-corrected chi connectivity index (χ0v) is 19.5. The van der Waals surface area contributed by atoms with Crippen LogP contribution in [0.3, 0.4) is 0 Å². The minimum atomic E-state index is -0.915. The lowest BCUT2D eigenvalue weighted by Crippen LogP contribution is -2.43. The Balaban J connectivity index is 1.94. The number of para-hydroxylation sites is 1. The zero-order valence-electron chi connectivity index (χ0n) is 19.5. The molecule has 0 aliphatic heterocycles. The summed E-state index contributed by atoms with van der Waals surface area (Å²) in [5.74, 6) is 0.421. The fourth-order valence-corrected chi connectivity index (χ4v) is 3.21. The molecule has 0 unspecified atom stereocenters. The molecule has 0 spiro atoms. The molecule has 0 aliphatic rings. The van der Waals surface area contributed by atoms with Gasteiger partial charge in [-0.15, -0.1) is 0 Å². The van der Waals surface area contributed by atoms with E-state index in [0.717, 1.165) is 12.0 Å². The molecule has 6 heteroatoms. The number of hydrogen-bond acceptors (Lipinski definition) is 5. The second-order valence-corrected chi connectivity index (χ2v) is 8.80. The molecule has 2 rings (SSSR count). The molecule has 1 atom stereocenters. The maximum Gasteiger partial charge on any atom is 0.410 e. The third kappa shape index (κ3) is 8.71. The van der Waals surface area contributed by atoms with Gasteiger partial charge in [-0.25, -0.2) is 4.79 Å². The van der Waals surface area contributed by atoms with Gasteiger partial charge in [0.2, 0.25) is 0 Å². The molecule has 1 N–H and O–H groups in total. The van der Waals surface area contributed by atoms with E-state index in [1.54, 1.807) is 45.0 Å². The first-order valence-electron chi connectivity index (χ1n) is 11.1. The Morgan fingerprint density at radius 2 is 1.69 bits per heavy atom. The van der Waals surface area contributed by atoms with Crippen molar-refractivity contribution in [2.24, 2.45) is 0 Å². The summed E-state index contributed by atoms with van der Waals surface area (Å²) in [5.41, 5.74) is 0.991. The lowest BCUT2D eigenvalue weighted by molar-refractivity contribution is 0.00918. The molecule has 0 radical (unpaired) electrons. The number of Topliss-reactive ketones (excluding diaryl/α,β-unsaturated/α-hetero) is 1. The van der Waals surface area contributed by atoms with Crippen LogP contribution in [0.1, 0.15) is 56.5 Å². The number of rotatable bonds is 11. The summed E-state index contributed by atoms with van der Waals surface area (Å²) in [6, 6.07) is 16.9. The molecule has 2 aromatic rings. The van der Waals surface area contributed by atoms with Crippen LogP contribution in [0, 0.1) is 0 Å². The molecule has 0 fully saturated rings. The normalized spacial score (nSPS) is 12.2. The Morgan fingerprint density at radius 3 is 2.34 bits per heavy atom. The van der Waals surface area contributed by atoms with Crippen molar-refractivity contribution >= 4 is 11.9 Å². The van der Waals surface area contributed by atoms with Crippen molar-refractivity contribution in [1.29, 1.82) is 0 Å². The first-order chi connectivity index (χ1) is 15.2. The monoisotopic (exact) mass is 441 g/mol. The summed E-state index contributed by atoms with van der Waals surface area (Å²) in [4.78, 5) is 26.6. The number of ether oxygens (including phenoxy) is 2. The number of aryl methyl sites for hydroxylation is 1. The fraction of sp³-hybridized carbons (Fsp3) is 0.462. The molecule has 0 saturated carbocycles. The van der Waals surface area contributed by atoms with Crippen LogP contribution in [0.2, 0.25) is 0 Å². The third-order valence-corrected chi connectivity index (χ3v) is 4.68. The second-order valence-electron chi connectivity index (χ2n) is 8.80. The van der Waals surface area contributed by atoms with Gasteiger partial charge in [0.1, 0.15) is 24.1 Å². The highest BCUT2D eigenvalue weighted by Crippen LogP contribution is 2.21. The Bertz CT molecular complexity index is 860. The van der Waals surface area contributed by atoms with E-state index in [4.69, 9.17) is 9.47 Å². The average Bonchev–Trinajstić information content (AvgIpc) is 2.75. The fourth-order valence-electron chi connectivity index (χ4n) is 3.21. The highest BCUT2D eigenvalue weighted by atomic mass is 16.6. The van der Waals surface area contributed by atoms with Crippen LogP contribution in [0.25, 0.3) is 0 Å². The summed E-state index contributed by atoms with van der Waals surface area (Å²) in [6.07, 6.45) is 0.386. The lowest BCUT2D eigenvalue weighted by atomic mass is 10.0. The Hall–Kier alpha value is -2.86. The van der Waals surface area contributed by atoms with Gasteiger partial charge in [0.05, 0.1) is 12.1 Å². The van der Waals surface area contributed by atoms with E-state index in [1.807, 2.05) is 37.3 Å². The van der Waals surface area contributed by atoms with Gasteiger partial charge in [-0.1, -0.05) is 49.4 Å². The summed E-state index contributed by atoms with van der Waals surface area (Å²) >= 11 is 0. The molecule has 0 saturated heterocycles. The summed E-state index contributed by atoms with van der Waals surface area (Å²) in [7, 11) is 0. The van der Waals surface area contributed by atoms with Gasteiger partial charge in [0.25, 0.3) is 0 Å². The molecule has 32 heavy (non-hydrogen) atoms. The predicted octanol–water partition coefficient (Wildman–Crippen LogP) is 4.89. The van der Waals surface area contributed by atoms with Crippen molar-refractivity contribution < 1.29 is 24.2 Å². The number of aliphatic hydroxyl groups excluding tert-OH is 1. The number of hydrogen-bond donors (Lipinski definition) is 1. The molecular formula is C26H35NO5. The standard InChI is InChI=1S/C26H35NO5/c1-5-17-27(25(30)32-26(2,3)4)18-21(28)19-31-24-14-10-9-13-22(24)23(29)16-15-20-11-7-6-8-12-20/h6-14,21,28H,5,15-19H2,1-4H3/t21-/m1/s1. The Labute approximate surface area is 191 Å².